The van der Waals surface area contributed by atoms with Gasteiger partial charge < -0.3 is 10.2 Å². The minimum atomic E-state index is -0.0153. The average molecular weight is 246 g/mol. The number of piperazine rings is 1. The summed E-state index contributed by atoms with van der Waals surface area (Å²) in [5, 5.41) is 2.88. The van der Waals surface area contributed by atoms with Crippen LogP contribution in [0.2, 0.25) is 0 Å². The van der Waals surface area contributed by atoms with Gasteiger partial charge in [-0.1, -0.05) is 0 Å². The Hall–Kier alpha value is -1.62. The van der Waals surface area contributed by atoms with Crippen LogP contribution in [0, 0.1) is 0 Å². The molecule has 1 N–H and O–H groups in total. The van der Waals surface area contributed by atoms with Gasteiger partial charge in [0.25, 0.3) is 0 Å². The molecule has 3 rings (SSSR count). The van der Waals surface area contributed by atoms with Crippen LogP contribution in [0.15, 0.2) is 24.5 Å². The first-order valence-electron chi connectivity index (χ1n) is 6.53. The number of amides is 2. The summed E-state index contributed by atoms with van der Waals surface area (Å²) in [6, 6.07) is 4.46. The summed E-state index contributed by atoms with van der Waals surface area (Å²) < 4.78 is 0. The van der Waals surface area contributed by atoms with E-state index in [1.165, 1.54) is 12.8 Å². The van der Waals surface area contributed by atoms with Crippen molar-refractivity contribution in [3.63, 3.8) is 0 Å². The summed E-state index contributed by atoms with van der Waals surface area (Å²) in [6.45, 7) is 3.65. The third-order valence-corrected chi connectivity index (χ3v) is 3.58. The molecule has 1 saturated heterocycles. The molecule has 96 valence electrons. The van der Waals surface area contributed by atoms with Crippen LogP contribution in [0.25, 0.3) is 0 Å². The molecular weight excluding hydrogens is 228 g/mol. The molecule has 1 aromatic heterocycles. The van der Waals surface area contributed by atoms with Crippen LogP contribution in [0.4, 0.5) is 10.5 Å². The first-order valence-corrected chi connectivity index (χ1v) is 6.53. The first kappa shape index (κ1) is 11.5. The largest absolute Gasteiger partial charge is 0.322 e. The highest BCUT2D eigenvalue weighted by molar-refractivity contribution is 5.89. The fourth-order valence-corrected chi connectivity index (χ4v) is 2.37. The maximum atomic E-state index is 12.0. The lowest BCUT2D eigenvalue weighted by Gasteiger charge is -2.34. The van der Waals surface area contributed by atoms with E-state index < -0.39 is 0 Å². The van der Waals surface area contributed by atoms with Crippen LogP contribution in [0.3, 0.4) is 0 Å². The van der Waals surface area contributed by atoms with Gasteiger partial charge in [-0.3, -0.25) is 9.88 Å². The van der Waals surface area contributed by atoms with E-state index >= 15 is 0 Å². The predicted molar refractivity (Wildman–Crippen MR) is 69.4 cm³/mol. The maximum Gasteiger partial charge on any atom is 0.321 e. The highest BCUT2D eigenvalue weighted by Gasteiger charge is 2.32. The van der Waals surface area contributed by atoms with Crippen LogP contribution in [-0.2, 0) is 0 Å². The Bertz CT molecular complexity index is 410. The molecular formula is C13H18N4O. The Balaban J connectivity index is 1.51. The third kappa shape index (κ3) is 2.61. The van der Waals surface area contributed by atoms with E-state index in [0.29, 0.717) is 0 Å². The predicted octanol–water partition coefficient (Wildman–Crippen LogP) is 1.39. The van der Waals surface area contributed by atoms with Crippen molar-refractivity contribution >= 4 is 11.7 Å². The number of pyridine rings is 1. The number of hydrogen-bond donors (Lipinski definition) is 1. The van der Waals surface area contributed by atoms with Crippen LogP contribution >= 0.6 is 0 Å². The first-order chi connectivity index (χ1) is 8.83. The van der Waals surface area contributed by atoms with Crippen molar-refractivity contribution in [2.45, 2.75) is 18.9 Å². The third-order valence-electron chi connectivity index (χ3n) is 3.58. The normalized spacial score (nSPS) is 20.8. The molecule has 1 saturated carbocycles. The zero-order valence-electron chi connectivity index (χ0n) is 10.4. The number of anilines is 1. The molecule has 0 bridgehead atoms. The Labute approximate surface area is 107 Å². The van der Waals surface area contributed by atoms with Gasteiger partial charge in [0.2, 0.25) is 0 Å². The van der Waals surface area contributed by atoms with Crippen molar-refractivity contribution in [1.82, 2.24) is 14.8 Å². The van der Waals surface area contributed by atoms with E-state index in [1.54, 1.807) is 12.4 Å². The quantitative estimate of drug-likeness (QED) is 0.858. The van der Waals surface area contributed by atoms with Gasteiger partial charge in [0.15, 0.2) is 0 Å². The summed E-state index contributed by atoms with van der Waals surface area (Å²) in [6.07, 6.45) is 6.03. The van der Waals surface area contributed by atoms with Crippen LogP contribution in [0.5, 0.6) is 0 Å². The zero-order chi connectivity index (χ0) is 12.4. The topological polar surface area (TPSA) is 48.5 Å². The average Bonchev–Trinajstić information content (AvgIpc) is 3.24. The van der Waals surface area contributed by atoms with Crippen LogP contribution < -0.4 is 5.32 Å². The van der Waals surface area contributed by atoms with Gasteiger partial charge in [0, 0.05) is 38.4 Å². The van der Waals surface area contributed by atoms with Crippen LogP contribution in [0.1, 0.15) is 12.8 Å². The number of nitrogens with one attached hydrogen (secondary N) is 1. The van der Waals surface area contributed by atoms with Gasteiger partial charge in [-0.15, -0.1) is 0 Å². The summed E-state index contributed by atoms with van der Waals surface area (Å²) >= 11 is 0. The standard InChI is InChI=1S/C13H18N4O/c18-13(15-11-2-1-5-14-10-11)17-8-6-16(7-9-17)12-3-4-12/h1-2,5,10,12H,3-4,6-9H2,(H,15,18). The highest BCUT2D eigenvalue weighted by atomic mass is 16.2. The lowest BCUT2D eigenvalue weighted by molar-refractivity contribution is 0.142. The molecule has 2 amide bonds. The number of nitrogens with zero attached hydrogens (tertiary/aromatic N) is 3. The van der Waals surface area contributed by atoms with Crippen molar-refractivity contribution < 1.29 is 4.79 Å². The molecule has 0 radical (unpaired) electrons. The number of carbonyl (C=O) groups excluding carboxylic acids is 1. The molecule has 2 heterocycles. The Morgan fingerprint density at radius 1 is 1.28 bits per heavy atom. The molecule has 18 heavy (non-hydrogen) atoms. The monoisotopic (exact) mass is 246 g/mol. The molecule has 5 nitrogen and oxygen atoms in total. The number of urea groups is 1. The van der Waals surface area contributed by atoms with Crippen molar-refractivity contribution in [2.75, 3.05) is 31.5 Å². The second-order valence-electron chi connectivity index (χ2n) is 4.93. The van der Waals surface area contributed by atoms with Gasteiger partial charge in [-0.2, -0.15) is 0 Å². The van der Waals surface area contributed by atoms with Crippen molar-refractivity contribution in [2.24, 2.45) is 0 Å². The van der Waals surface area contributed by atoms with Gasteiger partial charge in [-0.05, 0) is 25.0 Å². The Kier molecular flexibility index (Phi) is 3.15. The molecule has 1 aromatic rings. The van der Waals surface area contributed by atoms with E-state index in [0.717, 1.165) is 37.9 Å². The summed E-state index contributed by atoms with van der Waals surface area (Å²) in [7, 11) is 0. The van der Waals surface area contributed by atoms with Crippen molar-refractivity contribution in [3.05, 3.63) is 24.5 Å². The number of rotatable bonds is 2. The molecule has 1 aliphatic carbocycles. The number of aromatic nitrogens is 1. The van der Waals surface area contributed by atoms with Gasteiger partial charge in [-0.25, -0.2) is 4.79 Å². The minimum Gasteiger partial charge on any atom is -0.322 e. The van der Waals surface area contributed by atoms with E-state index in [-0.39, 0.29) is 6.03 Å². The van der Waals surface area contributed by atoms with E-state index in [1.807, 2.05) is 17.0 Å². The summed E-state index contributed by atoms with van der Waals surface area (Å²) in [4.78, 5) is 20.4. The lowest BCUT2D eigenvalue weighted by atomic mass is 10.3. The molecule has 0 unspecified atom stereocenters. The highest BCUT2D eigenvalue weighted by Crippen LogP contribution is 2.27. The second-order valence-corrected chi connectivity index (χ2v) is 4.93. The smallest absolute Gasteiger partial charge is 0.321 e. The Morgan fingerprint density at radius 2 is 2.06 bits per heavy atom. The molecule has 0 atom stereocenters. The van der Waals surface area contributed by atoms with Gasteiger partial charge >= 0.3 is 6.03 Å². The molecule has 0 aromatic carbocycles. The van der Waals surface area contributed by atoms with E-state index in [4.69, 9.17) is 0 Å². The maximum absolute atomic E-state index is 12.0. The number of carbonyl (C=O) groups is 1. The zero-order valence-corrected chi connectivity index (χ0v) is 10.4. The molecule has 5 heteroatoms. The molecule has 1 aliphatic heterocycles. The summed E-state index contributed by atoms with van der Waals surface area (Å²) in [5.74, 6) is 0. The fourth-order valence-electron chi connectivity index (χ4n) is 2.37. The molecule has 0 spiro atoms. The fraction of sp³-hybridized carbons (Fsp3) is 0.538. The second kappa shape index (κ2) is 4.94. The molecule has 2 fully saturated rings. The number of hydrogen-bond acceptors (Lipinski definition) is 3. The van der Waals surface area contributed by atoms with E-state index in [9.17, 15) is 4.79 Å². The van der Waals surface area contributed by atoms with Crippen molar-refractivity contribution in [3.8, 4) is 0 Å². The Morgan fingerprint density at radius 3 is 2.67 bits per heavy atom. The van der Waals surface area contributed by atoms with Gasteiger partial charge in [0.1, 0.15) is 0 Å². The van der Waals surface area contributed by atoms with E-state index in [2.05, 4.69) is 15.2 Å². The minimum absolute atomic E-state index is 0.0153. The SMILES string of the molecule is O=C(Nc1cccnc1)N1CCN(C2CC2)CC1. The summed E-state index contributed by atoms with van der Waals surface area (Å²) in [5.41, 5.74) is 0.757. The molecule has 2 aliphatic rings. The van der Waals surface area contributed by atoms with Crippen molar-refractivity contribution in [1.29, 1.82) is 0 Å². The lowest BCUT2D eigenvalue weighted by Crippen LogP contribution is -2.50. The van der Waals surface area contributed by atoms with Gasteiger partial charge in [0.05, 0.1) is 11.9 Å². The van der Waals surface area contributed by atoms with Crippen LogP contribution in [-0.4, -0.2) is 53.0 Å².